The third-order valence-electron chi connectivity index (χ3n) is 2.81. The molecule has 0 radical (unpaired) electrons. The largest absolute Gasteiger partial charge is 0.368 e. The number of nitrogens with two attached hydrogens (primary N) is 1. The van der Waals surface area contributed by atoms with Gasteiger partial charge in [0.2, 0.25) is 5.91 Å². The number of carbonyl (C=O) groups is 1. The average Bonchev–Trinajstić information content (AvgIpc) is 2.75. The van der Waals surface area contributed by atoms with E-state index in [4.69, 9.17) is 17.3 Å². The van der Waals surface area contributed by atoms with Gasteiger partial charge >= 0.3 is 0 Å². The highest BCUT2D eigenvalue weighted by Gasteiger charge is 2.20. The maximum atomic E-state index is 11.3. The quantitative estimate of drug-likeness (QED) is 0.833. The summed E-state index contributed by atoms with van der Waals surface area (Å²) in [5.41, 5.74) is 6.08. The Hall–Kier alpha value is -1.89. The fourth-order valence-electron chi connectivity index (χ4n) is 2.11. The van der Waals surface area contributed by atoms with Crippen molar-refractivity contribution in [1.29, 1.82) is 0 Å². The van der Waals surface area contributed by atoms with Gasteiger partial charge in [-0.25, -0.2) is 0 Å². The molecule has 0 atom stereocenters. The third kappa shape index (κ3) is 2.82. The van der Waals surface area contributed by atoms with Crippen LogP contribution in [0.3, 0.4) is 0 Å². The van der Waals surface area contributed by atoms with E-state index in [0.717, 1.165) is 5.56 Å². The summed E-state index contributed by atoms with van der Waals surface area (Å²) in [6.45, 7) is 6.70. The number of hydrogen-bond acceptors (Lipinski definition) is 5. The van der Waals surface area contributed by atoms with E-state index in [9.17, 15) is 4.79 Å². The zero-order valence-corrected chi connectivity index (χ0v) is 12.4. The maximum Gasteiger partial charge on any atom is 0.255 e. The molecule has 108 valence electrons. The van der Waals surface area contributed by atoms with Crippen LogP contribution in [0.25, 0.3) is 5.78 Å². The molecular formula is C12H17ClN6O. The first-order valence-electron chi connectivity index (χ1n) is 6.29. The van der Waals surface area contributed by atoms with Crippen LogP contribution in [0.2, 0.25) is 5.15 Å². The molecule has 8 heteroatoms. The number of amides is 1. The first-order chi connectivity index (χ1) is 9.40. The Morgan fingerprint density at radius 2 is 2.25 bits per heavy atom. The molecule has 2 aromatic rings. The number of anilines is 1. The Morgan fingerprint density at radius 1 is 1.55 bits per heavy atom. The summed E-state index contributed by atoms with van der Waals surface area (Å²) in [4.78, 5) is 21.4. The smallest absolute Gasteiger partial charge is 0.255 e. The fourth-order valence-corrected chi connectivity index (χ4v) is 2.27. The lowest BCUT2D eigenvalue weighted by molar-refractivity contribution is -0.116. The van der Waals surface area contributed by atoms with Crippen molar-refractivity contribution >= 4 is 29.1 Å². The fraction of sp³-hybridized carbons (Fsp3) is 0.500. The predicted octanol–water partition coefficient (Wildman–Crippen LogP) is 1.03. The van der Waals surface area contributed by atoms with Gasteiger partial charge in [-0.3, -0.25) is 4.79 Å². The second-order valence-corrected chi connectivity index (χ2v) is 5.42. The molecule has 0 bridgehead atoms. The van der Waals surface area contributed by atoms with Crippen LogP contribution in [-0.2, 0) is 4.79 Å². The molecule has 0 aliphatic rings. The Balaban J connectivity index is 2.58. The van der Waals surface area contributed by atoms with Crippen molar-refractivity contribution in [2.75, 3.05) is 18.0 Å². The Bertz CT molecular complexity index is 638. The van der Waals surface area contributed by atoms with Crippen LogP contribution in [0.4, 0.5) is 5.82 Å². The lowest BCUT2D eigenvalue weighted by atomic mass is 10.2. The monoisotopic (exact) mass is 296 g/mol. The summed E-state index contributed by atoms with van der Waals surface area (Å²) in [5.74, 6) is 1.03. The SMILES string of the molecule is Cc1c(Cl)nc2ncnn2c1N(CC(N)=O)CC(C)C. The van der Waals surface area contributed by atoms with Crippen LogP contribution in [-0.4, -0.2) is 38.6 Å². The summed E-state index contributed by atoms with van der Waals surface area (Å²) in [7, 11) is 0. The molecule has 0 saturated carbocycles. The second-order valence-electron chi connectivity index (χ2n) is 5.06. The van der Waals surface area contributed by atoms with Crippen molar-refractivity contribution in [3.8, 4) is 0 Å². The van der Waals surface area contributed by atoms with E-state index in [1.165, 1.54) is 6.33 Å². The van der Waals surface area contributed by atoms with E-state index < -0.39 is 5.91 Å². The molecule has 7 nitrogen and oxygen atoms in total. The number of fused-ring (bicyclic) bond motifs is 1. The highest BCUT2D eigenvalue weighted by molar-refractivity contribution is 6.30. The first-order valence-corrected chi connectivity index (χ1v) is 6.67. The molecule has 20 heavy (non-hydrogen) atoms. The van der Waals surface area contributed by atoms with Crippen LogP contribution >= 0.6 is 11.6 Å². The van der Waals surface area contributed by atoms with Gasteiger partial charge in [0.05, 0.1) is 6.54 Å². The normalized spacial score (nSPS) is 11.2. The van der Waals surface area contributed by atoms with Gasteiger partial charge in [0.25, 0.3) is 5.78 Å². The summed E-state index contributed by atoms with van der Waals surface area (Å²) in [6.07, 6.45) is 1.40. The van der Waals surface area contributed by atoms with Crippen LogP contribution in [0.15, 0.2) is 6.33 Å². The van der Waals surface area contributed by atoms with Gasteiger partial charge in [-0.15, -0.1) is 0 Å². The van der Waals surface area contributed by atoms with E-state index in [1.54, 1.807) is 4.52 Å². The summed E-state index contributed by atoms with van der Waals surface area (Å²) >= 11 is 6.13. The minimum absolute atomic E-state index is 0.0916. The Morgan fingerprint density at radius 3 is 2.85 bits per heavy atom. The number of primary amides is 1. The van der Waals surface area contributed by atoms with Crippen molar-refractivity contribution in [3.05, 3.63) is 17.0 Å². The molecule has 2 N–H and O–H groups in total. The molecule has 1 amide bonds. The van der Waals surface area contributed by atoms with Gasteiger partial charge in [0.15, 0.2) is 0 Å². The number of nitrogens with zero attached hydrogens (tertiary/aromatic N) is 5. The summed E-state index contributed by atoms with van der Waals surface area (Å²) < 4.78 is 1.58. The molecule has 0 fully saturated rings. The highest BCUT2D eigenvalue weighted by atomic mass is 35.5. The van der Waals surface area contributed by atoms with Crippen molar-refractivity contribution in [2.24, 2.45) is 11.7 Å². The molecule has 0 aromatic carbocycles. The van der Waals surface area contributed by atoms with E-state index in [-0.39, 0.29) is 6.54 Å². The van der Waals surface area contributed by atoms with Crippen LogP contribution in [0.1, 0.15) is 19.4 Å². The van der Waals surface area contributed by atoms with Crippen molar-refractivity contribution in [3.63, 3.8) is 0 Å². The number of aromatic nitrogens is 4. The molecule has 2 heterocycles. The zero-order chi connectivity index (χ0) is 14.9. The lowest BCUT2D eigenvalue weighted by Crippen LogP contribution is -2.38. The summed E-state index contributed by atoms with van der Waals surface area (Å²) in [6, 6.07) is 0. The van der Waals surface area contributed by atoms with Gasteiger partial charge in [-0.1, -0.05) is 25.4 Å². The minimum Gasteiger partial charge on any atom is -0.368 e. The number of hydrogen-bond donors (Lipinski definition) is 1. The molecule has 0 aliphatic carbocycles. The van der Waals surface area contributed by atoms with Crippen molar-refractivity contribution in [2.45, 2.75) is 20.8 Å². The third-order valence-corrected chi connectivity index (χ3v) is 3.17. The van der Waals surface area contributed by atoms with E-state index >= 15 is 0 Å². The van der Waals surface area contributed by atoms with Gasteiger partial charge in [-0.2, -0.15) is 19.6 Å². The minimum atomic E-state index is -0.411. The lowest BCUT2D eigenvalue weighted by Gasteiger charge is -2.27. The maximum absolute atomic E-state index is 11.3. The molecule has 0 aliphatic heterocycles. The van der Waals surface area contributed by atoms with Crippen LogP contribution in [0.5, 0.6) is 0 Å². The van der Waals surface area contributed by atoms with Crippen molar-refractivity contribution < 1.29 is 4.79 Å². The van der Waals surface area contributed by atoms with E-state index in [0.29, 0.717) is 29.2 Å². The average molecular weight is 297 g/mol. The Labute approximate surface area is 121 Å². The number of halogens is 1. The van der Waals surface area contributed by atoms with E-state index in [2.05, 4.69) is 28.9 Å². The molecule has 0 saturated heterocycles. The van der Waals surface area contributed by atoms with Gasteiger partial charge < -0.3 is 10.6 Å². The van der Waals surface area contributed by atoms with Gasteiger partial charge in [0, 0.05) is 12.1 Å². The first kappa shape index (κ1) is 14.5. The van der Waals surface area contributed by atoms with Gasteiger partial charge in [0.1, 0.15) is 17.3 Å². The Kier molecular flexibility index (Phi) is 4.08. The molecule has 2 rings (SSSR count). The predicted molar refractivity (Wildman–Crippen MR) is 76.8 cm³/mol. The zero-order valence-electron chi connectivity index (χ0n) is 11.7. The molecule has 2 aromatic heterocycles. The second kappa shape index (κ2) is 5.62. The van der Waals surface area contributed by atoms with Crippen molar-refractivity contribution in [1.82, 2.24) is 19.6 Å². The van der Waals surface area contributed by atoms with E-state index in [1.807, 2.05) is 11.8 Å². The van der Waals surface area contributed by atoms with Crippen LogP contribution < -0.4 is 10.6 Å². The number of rotatable bonds is 5. The molecule has 0 spiro atoms. The standard InChI is InChI=1S/C12H17ClN6O/c1-7(2)4-18(5-9(14)20)11-8(3)10(13)17-12-15-6-16-19(11)12/h6-7H,4-5H2,1-3H3,(H2,14,20). The highest BCUT2D eigenvalue weighted by Crippen LogP contribution is 2.26. The number of carbonyl (C=O) groups excluding carboxylic acids is 1. The molecular weight excluding hydrogens is 280 g/mol. The van der Waals surface area contributed by atoms with Gasteiger partial charge in [-0.05, 0) is 12.8 Å². The summed E-state index contributed by atoms with van der Waals surface area (Å²) in [5, 5.41) is 4.49. The molecule has 0 unspecified atom stereocenters. The van der Waals surface area contributed by atoms with Crippen LogP contribution in [0, 0.1) is 12.8 Å². The topological polar surface area (TPSA) is 89.4 Å².